The van der Waals surface area contributed by atoms with E-state index in [4.69, 9.17) is 4.74 Å². The monoisotopic (exact) mass is 490 g/mol. The lowest BCUT2D eigenvalue weighted by Crippen LogP contribution is -2.58. The van der Waals surface area contributed by atoms with Crippen LogP contribution in [0.2, 0.25) is 0 Å². The van der Waals surface area contributed by atoms with Crippen LogP contribution >= 0.6 is 0 Å². The topological polar surface area (TPSA) is 74.3 Å². The van der Waals surface area contributed by atoms with Gasteiger partial charge in [0.2, 0.25) is 5.56 Å². The van der Waals surface area contributed by atoms with Crippen LogP contribution in [0.1, 0.15) is 43.7 Å². The van der Waals surface area contributed by atoms with Crippen LogP contribution in [0.5, 0.6) is 11.5 Å². The van der Waals surface area contributed by atoms with Gasteiger partial charge in [-0.3, -0.25) is 4.79 Å². The number of phenolic OH excluding ortho intramolecular Hbond substituents is 1. The van der Waals surface area contributed by atoms with Gasteiger partial charge in [-0.15, -0.1) is 0 Å². The number of aromatic nitrogens is 1. The lowest BCUT2D eigenvalue weighted by Gasteiger charge is -2.49. The summed E-state index contributed by atoms with van der Waals surface area (Å²) in [6.07, 6.45) is 7.22. The SMILES string of the molecule is C[C@H](Cc1ccc(OCCC[N+]23CCC(CC2)CC3)cc1)NCCc1ccc(O)c2[nH]c(=O)ccc12. The predicted octanol–water partition coefficient (Wildman–Crippen LogP) is 4.40. The summed E-state index contributed by atoms with van der Waals surface area (Å²) in [5.41, 5.74) is 2.71. The smallest absolute Gasteiger partial charge is 0.248 e. The van der Waals surface area contributed by atoms with Crippen LogP contribution < -0.4 is 15.6 Å². The van der Waals surface area contributed by atoms with E-state index in [9.17, 15) is 9.90 Å². The number of phenols is 1. The molecular weight excluding hydrogens is 450 g/mol. The Morgan fingerprint density at radius 1 is 1.06 bits per heavy atom. The molecular formula is C30H40N3O3+. The number of fused-ring (bicyclic) bond motifs is 4. The van der Waals surface area contributed by atoms with Gasteiger partial charge in [0, 0.05) is 23.9 Å². The highest BCUT2D eigenvalue weighted by Crippen LogP contribution is 2.33. The molecule has 3 N–H and O–H groups in total. The minimum Gasteiger partial charge on any atom is -0.506 e. The molecule has 6 nitrogen and oxygen atoms in total. The zero-order valence-electron chi connectivity index (χ0n) is 21.5. The Hall–Kier alpha value is -2.83. The number of nitrogens with one attached hydrogen (secondary N) is 2. The highest BCUT2D eigenvalue weighted by molar-refractivity contribution is 5.87. The fourth-order valence-corrected chi connectivity index (χ4v) is 6.18. The summed E-state index contributed by atoms with van der Waals surface area (Å²) >= 11 is 0. The Balaban J connectivity index is 1.04. The molecule has 36 heavy (non-hydrogen) atoms. The maximum absolute atomic E-state index is 11.6. The van der Waals surface area contributed by atoms with E-state index in [2.05, 4.69) is 41.5 Å². The summed E-state index contributed by atoms with van der Waals surface area (Å²) in [6.45, 7) is 9.26. The van der Waals surface area contributed by atoms with Crippen LogP contribution in [0.15, 0.2) is 53.3 Å². The fraction of sp³-hybridized carbons (Fsp3) is 0.500. The number of ether oxygens (including phenoxy) is 1. The van der Waals surface area contributed by atoms with Crippen molar-refractivity contribution in [3.05, 3.63) is 70.0 Å². The van der Waals surface area contributed by atoms with Gasteiger partial charge in [0.05, 0.1) is 38.3 Å². The van der Waals surface area contributed by atoms with Crippen LogP contribution in [0.3, 0.4) is 0 Å². The quantitative estimate of drug-likeness (QED) is 0.275. The van der Waals surface area contributed by atoms with Crippen LogP contribution in [0.25, 0.3) is 10.9 Å². The molecule has 0 radical (unpaired) electrons. The summed E-state index contributed by atoms with van der Waals surface area (Å²) in [7, 11) is 0. The number of aromatic hydroxyl groups is 1. The molecule has 3 saturated heterocycles. The first-order chi connectivity index (χ1) is 17.5. The fourth-order valence-electron chi connectivity index (χ4n) is 6.18. The second-order valence-corrected chi connectivity index (χ2v) is 11.0. The number of aromatic amines is 1. The highest BCUT2D eigenvalue weighted by Gasteiger charge is 2.38. The molecule has 1 aromatic heterocycles. The zero-order chi connectivity index (χ0) is 25.0. The number of benzene rings is 2. The molecule has 2 aromatic carbocycles. The number of nitrogens with zero attached hydrogens (tertiary/aromatic N) is 1. The molecule has 0 unspecified atom stereocenters. The van der Waals surface area contributed by atoms with Crippen molar-refractivity contribution >= 4 is 10.9 Å². The molecule has 0 amide bonds. The number of pyridine rings is 1. The van der Waals surface area contributed by atoms with E-state index in [0.29, 0.717) is 11.6 Å². The van der Waals surface area contributed by atoms with Crippen molar-refractivity contribution in [1.82, 2.24) is 10.3 Å². The molecule has 6 heteroatoms. The van der Waals surface area contributed by atoms with Gasteiger partial charge in [0.25, 0.3) is 0 Å². The van der Waals surface area contributed by atoms with Gasteiger partial charge in [-0.05, 0) is 86.9 Å². The molecule has 0 saturated carbocycles. The van der Waals surface area contributed by atoms with E-state index in [-0.39, 0.29) is 11.3 Å². The Kier molecular flexibility index (Phi) is 7.63. The third-order valence-electron chi connectivity index (χ3n) is 8.40. The summed E-state index contributed by atoms with van der Waals surface area (Å²) in [6, 6.07) is 15.8. The second-order valence-electron chi connectivity index (χ2n) is 11.0. The van der Waals surface area contributed by atoms with E-state index >= 15 is 0 Å². The van der Waals surface area contributed by atoms with Gasteiger partial charge >= 0.3 is 0 Å². The molecule has 0 spiro atoms. The standard InChI is InChI=1S/C30H39N3O3/c1-22(31-15-11-25-5-9-28(34)30-27(25)8-10-29(35)32-30)21-24-3-6-26(7-4-24)36-20-2-16-33-17-12-23(13-18-33)14-19-33/h3-10,22-23,31H,2,11-21H2,1H3,(H-,32,34,35)/p+1/t22-,23?,33?/m1/s1. The molecule has 3 aliphatic heterocycles. The molecule has 2 bridgehead atoms. The molecule has 6 rings (SSSR count). The van der Waals surface area contributed by atoms with Gasteiger partial charge in [-0.25, -0.2) is 0 Å². The van der Waals surface area contributed by atoms with Gasteiger partial charge in [-0.2, -0.15) is 0 Å². The number of H-pyrrole nitrogens is 1. The Bertz CT molecular complexity index is 1200. The van der Waals surface area contributed by atoms with Gasteiger partial charge in [0.15, 0.2) is 0 Å². The van der Waals surface area contributed by atoms with Gasteiger partial charge in [-0.1, -0.05) is 18.2 Å². The first-order valence-electron chi connectivity index (χ1n) is 13.6. The highest BCUT2D eigenvalue weighted by atomic mass is 16.5. The van der Waals surface area contributed by atoms with E-state index in [0.717, 1.165) is 55.0 Å². The summed E-state index contributed by atoms with van der Waals surface area (Å²) in [4.78, 5) is 14.3. The lowest BCUT2D eigenvalue weighted by atomic mass is 9.85. The predicted molar refractivity (Wildman–Crippen MR) is 145 cm³/mol. The number of rotatable bonds is 11. The Labute approximate surface area is 213 Å². The van der Waals surface area contributed by atoms with E-state index in [1.807, 2.05) is 6.07 Å². The van der Waals surface area contributed by atoms with Crippen LogP contribution in [-0.2, 0) is 12.8 Å². The first-order valence-corrected chi connectivity index (χ1v) is 13.6. The molecule has 192 valence electrons. The van der Waals surface area contributed by atoms with Crippen LogP contribution in [-0.4, -0.2) is 59.9 Å². The van der Waals surface area contributed by atoms with Crippen molar-refractivity contribution < 1.29 is 14.3 Å². The largest absolute Gasteiger partial charge is 0.506 e. The van der Waals surface area contributed by atoms with E-state index in [1.165, 1.54) is 61.6 Å². The minimum absolute atomic E-state index is 0.107. The third-order valence-corrected chi connectivity index (χ3v) is 8.40. The van der Waals surface area contributed by atoms with Crippen molar-refractivity contribution in [2.45, 2.75) is 51.5 Å². The maximum atomic E-state index is 11.6. The number of hydrogen-bond acceptors (Lipinski definition) is 4. The molecule has 1 atom stereocenters. The molecule has 3 fully saturated rings. The second kappa shape index (κ2) is 11.1. The Morgan fingerprint density at radius 2 is 1.81 bits per heavy atom. The lowest BCUT2D eigenvalue weighted by molar-refractivity contribution is -0.942. The van der Waals surface area contributed by atoms with Crippen molar-refractivity contribution in [2.75, 3.05) is 39.3 Å². The molecule has 0 aliphatic carbocycles. The molecule has 4 heterocycles. The van der Waals surface area contributed by atoms with E-state index < -0.39 is 0 Å². The average Bonchev–Trinajstić information content (AvgIpc) is 2.90. The van der Waals surface area contributed by atoms with Crippen LogP contribution in [0.4, 0.5) is 0 Å². The van der Waals surface area contributed by atoms with Crippen molar-refractivity contribution in [2.24, 2.45) is 5.92 Å². The third kappa shape index (κ3) is 5.93. The van der Waals surface area contributed by atoms with Crippen molar-refractivity contribution in [1.29, 1.82) is 0 Å². The number of hydrogen-bond donors (Lipinski definition) is 3. The normalized spacial score (nSPS) is 22.1. The van der Waals surface area contributed by atoms with Gasteiger partial charge in [0.1, 0.15) is 11.5 Å². The van der Waals surface area contributed by atoms with Crippen LogP contribution in [0, 0.1) is 5.92 Å². The van der Waals surface area contributed by atoms with Gasteiger partial charge < -0.3 is 24.6 Å². The summed E-state index contributed by atoms with van der Waals surface area (Å²) in [5, 5.41) is 14.6. The summed E-state index contributed by atoms with van der Waals surface area (Å²) in [5.74, 6) is 2.09. The Morgan fingerprint density at radius 3 is 2.56 bits per heavy atom. The summed E-state index contributed by atoms with van der Waals surface area (Å²) < 4.78 is 7.40. The van der Waals surface area contributed by atoms with Crippen molar-refractivity contribution in [3.8, 4) is 11.5 Å². The molecule has 3 aromatic rings. The average molecular weight is 491 g/mol. The van der Waals surface area contributed by atoms with Crippen molar-refractivity contribution in [3.63, 3.8) is 0 Å². The first kappa shape index (κ1) is 24.8. The number of quaternary nitrogens is 1. The maximum Gasteiger partial charge on any atom is 0.248 e. The zero-order valence-corrected chi connectivity index (χ0v) is 21.5. The minimum atomic E-state index is -0.205. The number of piperidine rings is 3. The van der Waals surface area contributed by atoms with E-state index in [1.54, 1.807) is 12.1 Å². The molecule has 3 aliphatic rings.